The van der Waals surface area contributed by atoms with Crippen LogP contribution < -0.4 is 5.32 Å². The first-order valence-corrected chi connectivity index (χ1v) is 5.63. The van der Waals surface area contributed by atoms with E-state index < -0.39 is 0 Å². The summed E-state index contributed by atoms with van der Waals surface area (Å²) in [6, 6.07) is 14.9. The highest BCUT2D eigenvalue weighted by atomic mass is 19.1. The SMILES string of the molecule is Fc1ccccc1C=C1CNc2ccccc21. The molecule has 3 rings (SSSR count). The first-order valence-electron chi connectivity index (χ1n) is 5.63. The Morgan fingerprint density at radius 1 is 1.00 bits per heavy atom. The van der Waals surface area contributed by atoms with Crippen LogP contribution in [-0.4, -0.2) is 6.54 Å². The smallest absolute Gasteiger partial charge is 0.130 e. The van der Waals surface area contributed by atoms with Crippen molar-refractivity contribution in [3.8, 4) is 0 Å². The summed E-state index contributed by atoms with van der Waals surface area (Å²) in [4.78, 5) is 0. The van der Waals surface area contributed by atoms with E-state index in [2.05, 4.69) is 11.4 Å². The Morgan fingerprint density at radius 3 is 2.65 bits per heavy atom. The highest BCUT2D eigenvalue weighted by molar-refractivity contribution is 5.92. The highest BCUT2D eigenvalue weighted by Crippen LogP contribution is 2.31. The zero-order chi connectivity index (χ0) is 11.7. The van der Waals surface area contributed by atoms with Gasteiger partial charge in [-0.3, -0.25) is 0 Å². The molecule has 84 valence electrons. The quantitative estimate of drug-likeness (QED) is 0.778. The second-order valence-corrected chi connectivity index (χ2v) is 4.09. The number of benzene rings is 2. The minimum Gasteiger partial charge on any atom is -0.380 e. The number of fused-ring (bicyclic) bond motifs is 1. The molecule has 2 heteroatoms. The van der Waals surface area contributed by atoms with Crippen LogP contribution in [0.4, 0.5) is 10.1 Å². The Morgan fingerprint density at radius 2 is 1.76 bits per heavy atom. The fraction of sp³-hybridized carbons (Fsp3) is 0.0667. The summed E-state index contributed by atoms with van der Waals surface area (Å²) >= 11 is 0. The molecule has 0 unspecified atom stereocenters. The van der Waals surface area contributed by atoms with E-state index in [4.69, 9.17) is 0 Å². The van der Waals surface area contributed by atoms with Gasteiger partial charge >= 0.3 is 0 Å². The van der Waals surface area contributed by atoms with Crippen molar-refractivity contribution in [2.45, 2.75) is 0 Å². The first-order chi connectivity index (χ1) is 8.34. The second-order valence-electron chi connectivity index (χ2n) is 4.09. The number of rotatable bonds is 1. The predicted octanol–water partition coefficient (Wildman–Crippen LogP) is 3.79. The van der Waals surface area contributed by atoms with Crippen molar-refractivity contribution < 1.29 is 4.39 Å². The van der Waals surface area contributed by atoms with E-state index in [1.54, 1.807) is 12.1 Å². The van der Waals surface area contributed by atoms with E-state index in [0.717, 1.165) is 23.4 Å². The van der Waals surface area contributed by atoms with Gasteiger partial charge in [0.15, 0.2) is 0 Å². The summed E-state index contributed by atoms with van der Waals surface area (Å²) in [6.45, 7) is 0.758. The molecule has 0 fully saturated rings. The molecule has 0 amide bonds. The van der Waals surface area contributed by atoms with Crippen LogP contribution in [0.15, 0.2) is 48.5 Å². The van der Waals surface area contributed by atoms with E-state index >= 15 is 0 Å². The third kappa shape index (κ3) is 1.82. The number of hydrogen-bond donors (Lipinski definition) is 1. The number of hydrogen-bond acceptors (Lipinski definition) is 1. The lowest BCUT2D eigenvalue weighted by molar-refractivity contribution is 0.625. The average molecular weight is 225 g/mol. The Hall–Kier alpha value is -2.09. The van der Waals surface area contributed by atoms with Crippen molar-refractivity contribution in [2.24, 2.45) is 0 Å². The molecule has 2 aromatic carbocycles. The van der Waals surface area contributed by atoms with Crippen LogP contribution in [-0.2, 0) is 0 Å². The topological polar surface area (TPSA) is 12.0 Å². The Balaban J connectivity index is 2.05. The standard InChI is InChI=1S/C15H12FN/c16-14-7-3-1-5-11(14)9-12-10-17-15-8-4-2-6-13(12)15/h1-9,17H,10H2. The van der Waals surface area contributed by atoms with Gasteiger partial charge in [0.25, 0.3) is 0 Å². The van der Waals surface area contributed by atoms with Gasteiger partial charge in [0, 0.05) is 23.4 Å². The lowest BCUT2D eigenvalue weighted by Crippen LogP contribution is -1.91. The van der Waals surface area contributed by atoms with Gasteiger partial charge in [-0.25, -0.2) is 4.39 Å². The molecule has 0 atom stereocenters. The molecule has 0 spiro atoms. The summed E-state index contributed by atoms with van der Waals surface area (Å²) in [5, 5.41) is 3.30. The molecule has 17 heavy (non-hydrogen) atoms. The molecule has 0 radical (unpaired) electrons. The van der Waals surface area contributed by atoms with Crippen molar-refractivity contribution >= 4 is 17.3 Å². The monoisotopic (exact) mass is 225 g/mol. The molecule has 0 aliphatic carbocycles. The Kier molecular flexibility index (Phi) is 2.41. The van der Waals surface area contributed by atoms with Crippen LogP contribution >= 0.6 is 0 Å². The molecule has 1 aliphatic rings. The van der Waals surface area contributed by atoms with Crippen LogP contribution in [0.3, 0.4) is 0 Å². The minimum atomic E-state index is -0.176. The number of para-hydroxylation sites is 1. The second kappa shape index (κ2) is 4.06. The molecule has 1 nitrogen and oxygen atoms in total. The van der Waals surface area contributed by atoms with Gasteiger partial charge in [0.05, 0.1) is 0 Å². The van der Waals surface area contributed by atoms with E-state index in [-0.39, 0.29) is 5.82 Å². The molecule has 2 aromatic rings. The Labute approximate surface area is 99.6 Å². The molecule has 0 saturated heterocycles. The van der Waals surface area contributed by atoms with E-state index in [9.17, 15) is 4.39 Å². The van der Waals surface area contributed by atoms with Gasteiger partial charge in [-0.2, -0.15) is 0 Å². The van der Waals surface area contributed by atoms with Crippen molar-refractivity contribution in [2.75, 3.05) is 11.9 Å². The lowest BCUT2D eigenvalue weighted by Gasteiger charge is -2.00. The molecule has 0 aromatic heterocycles. The largest absolute Gasteiger partial charge is 0.380 e. The van der Waals surface area contributed by atoms with Gasteiger partial charge in [0.1, 0.15) is 5.82 Å². The van der Waals surface area contributed by atoms with Gasteiger partial charge in [-0.1, -0.05) is 36.4 Å². The third-order valence-corrected chi connectivity index (χ3v) is 2.98. The summed E-state index contributed by atoms with van der Waals surface area (Å²) in [5.74, 6) is -0.176. The maximum Gasteiger partial charge on any atom is 0.130 e. The number of halogens is 1. The van der Waals surface area contributed by atoms with Crippen LogP contribution in [0.25, 0.3) is 11.6 Å². The molecule has 0 bridgehead atoms. The van der Waals surface area contributed by atoms with E-state index in [1.165, 1.54) is 6.07 Å². The van der Waals surface area contributed by atoms with Crippen molar-refractivity contribution in [3.05, 3.63) is 65.5 Å². The van der Waals surface area contributed by atoms with Crippen LogP contribution in [0.1, 0.15) is 11.1 Å². The zero-order valence-electron chi connectivity index (χ0n) is 9.28. The molecule has 1 heterocycles. The van der Waals surface area contributed by atoms with Gasteiger partial charge < -0.3 is 5.32 Å². The highest BCUT2D eigenvalue weighted by Gasteiger charge is 2.14. The van der Waals surface area contributed by atoms with Crippen molar-refractivity contribution in [3.63, 3.8) is 0 Å². The number of anilines is 1. The van der Waals surface area contributed by atoms with Crippen molar-refractivity contribution in [1.82, 2.24) is 0 Å². The fourth-order valence-electron chi connectivity index (χ4n) is 2.11. The lowest BCUT2D eigenvalue weighted by atomic mass is 10.0. The van der Waals surface area contributed by atoms with Crippen LogP contribution in [0.2, 0.25) is 0 Å². The van der Waals surface area contributed by atoms with Crippen LogP contribution in [0, 0.1) is 5.82 Å². The molecular weight excluding hydrogens is 213 g/mol. The van der Waals surface area contributed by atoms with Crippen LogP contribution in [0.5, 0.6) is 0 Å². The molecule has 1 aliphatic heterocycles. The fourth-order valence-corrected chi connectivity index (χ4v) is 2.11. The van der Waals surface area contributed by atoms with Crippen molar-refractivity contribution in [1.29, 1.82) is 0 Å². The molecule has 1 N–H and O–H groups in total. The average Bonchev–Trinajstić information content (AvgIpc) is 2.76. The summed E-state index contributed by atoms with van der Waals surface area (Å²) < 4.78 is 13.6. The zero-order valence-corrected chi connectivity index (χ0v) is 9.28. The molecule has 0 saturated carbocycles. The summed E-state index contributed by atoms with van der Waals surface area (Å²) in [5.41, 5.74) is 4.05. The first kappa shape index (κ1) is 10.1. The predicted molar refractivity (Wildman–Crippen MR) is 69.2 cm³/mol. The normalized spacial score (nSPS) is 15.7. The molecular formula is C15H12FN. The maximum absolute atomic E-state index is 13.6. The number of nitrogens with one attached hydrogen (secondary N) is 1. The Bertz CT molecular complexity index is 587. The minimum absolute atomic E-state index is 0.176. The van der Waals surface area contributed by atoms with E-state index in [1.807, 2.05) is 30.3 Å². The maximum atomic E-state index is 13.6. The third-order valence-electron chi connectivity index (χ3n) is 2.98. The van der Waals surface area contributed by atoms with Gasteiger partial charge in [-0.05, 0) is 23.8 Å². The summed E-state index contributed by atoms with van der Waals surface area (Å²) in [7, 11) is 0. The van der Waals surface area contributed by atoms with E-state index in [0.29, 0.717) is 5.56 Å². The van der Waals surface area contributed by atoms with Gasteiger partial charge in [-0.15, -0.1) is 0 Å². The van der Waals surface area contributed by atoms with Gasteiger partial charge in [0.2, 0.25) is 0 Å². The summed E-state index contributed by atoms with van der Waals surface area (Å²) in [6.07, 6.45) is 1.91.